The lowest BCUT2D eigenvalue weighted by molar-refractivity contribution is 0.652. The van der Waals surface area contributed by atoms with Crippen molar-refractivity contribution in [1.82, 2.24) is 44.9 Å². The Morgan fingerprint density at radius 3 is 0.710 bits per heavy atom. The Morgan fingerprint density at radius 1 is 0.306 bits per heavy atom. The van der Waals surface area contributed by atoms with Gasteiger partial charge in [0.25, 0.3) is 0 Å². The smallest absolute Gasteiger partial charge is 0.231 e. The topological polar surface area (TPSA) is 154 Å². The molecule has 0 unspecified atom stereocenters. The van der Waals surface area contributed by atoms with Gasteiger partial charge in [-0.05, 0) is 38.5 Å². The molecule has 18 nitrogen and oxygen atoms in total. The normalized spacial score (nSPS) is 11.2. The molecule has 3 rings (SSSR count). The molecule has 0 aliphatic heterocycles. The van der Waals surface area contributed by atoms with Crippen LogP contribution in [0.3, 0.4) is 0 Å². The molecule has 0 amide bonds. The Labute approximate surface area is 375 Å². The minimum atomic E-state index is -0.242. The highest BCUT2D eigenvalue weighted by molar-refractivity contribution is 5.49. The largest absolute Gasteiger partial charge is 0.348 e. The summed E-state index contributed by atoms with van der Waals surface area (Å²) >= 11 is 0. The molecule has 0 spiro atoms. The number of unbranched alkanes of at least 4 members (excludes halogenated alkanes) is 6. The molecule has 350 valence electrons. The van der Waals surface area contributed by atoms with Gasteiger partial charge < -0.3 is 44.5 Å². The van der Waals surface area contributed by atoms with Crippen LogP contribution < -0.4 is 44.5 Å². The quantitative estimate of drug-likeness (QED) is 0.0706. The third-order valence-electron chi connectivity index (χ3n) is 10.9. The summed E-state index contributed by atoms with van der Waals surface area (Å²) in [6.45, 7) is 19.4. The van der Waals surface area contributed by atoms with Gasteiger partial charge in [0.1, 0.15) is 0 Å². The fourth-order valence-electron chi connectivity index (χ4n) is 6.60. The highest BCUT2D eigenvalue weighted by atomic mass is 15.4. The van der Waals surface area contributed by atoms with E-state index in [9.17, 15) is 0 Å². The van der Waals surface area contributed by atoms with Crippen LogP contribution in [0.5, 0.6) is 0 Å². The average molecular weight is 865 g/mol. The standard InChI is InChI=1S/C44H84N18/c1-15-21-27-55(7)37-46-36(47-38(48-37)56(8)28-22-16-2)45-35(33-61(13)43-51-39(57(9)29-23-17-3)49-40(52-43)58(10)30-24-18-4)34-62(14)44-53-41(59(11)31-25-19-5)50-42(54-44)60(12)32-26-20-6/h35H,15-34H2,1-14H3,(H,45,46,47,48). The molecule has 0 aliphatic rings. The number of anilines is 9. The fraction of sp³-hybridized carbons (Fsp3) is 0.795. The van der Waals surface area contributed by atoms with E-state index in [2.05, 4.69) is 128 Å². The first kappa shape index (κ1) is 51.6. The molecule has 0 aliphatic carbocycles. The highest BCUT2D eigenvalue weighted by Gasteiger charge is 2.24. The van der Waals surface area contributed by atoms with E-state index in [-0.39, 0.29) is 6.04 Å². The van der Waals surface area contributed by atoms with Crippen LogP contribution in [0.15, 0.2) is 0 Å². The van der Waals surface area contributed by atoms with Crippen LogP contribution in [0.25, 0.3) is 0 Å². The van der Waals surface area contributed by atoms with Crippen molar-refractivity contribution in [3.05, 3.63) is 0 Å². The second-order valence-electron chi connectivity index (χ2n) is 17.0. The number of rotatable bonds is 32. The number of likely N-dealkylation sites (N-methyl/N-ethyl adjacent to an activating group) is 2. The first-order chi connectivity index (χ1) is 29.8. The molecule has 0 bridgehead atoms. The summed E-state index contributed by atoms with van der Waals surface area (Å²) in [4.78, 5) is 62.1. The van der Waals surface area contributed by atoms with Crippen molar-refractivity contribution in [2.24, 2.45) is 0 Å². The first-order valence-corrected chi connectivity index (χ1v) is 23.5. The van der Waals surface area contributed by atoms with Crippen LogP contribution >= 0.6 is 0 Å². The maximum atomic E-state index is 5.05. The Bertz CT molecular complexity index is 1520. The number of hydrogen-bond donors (Lipinski definition) is 1. The van der Waals surface area contributed by atoms with Crippen molar-refractivity contribution in [2.75, 3.05) is 153 Å². The van der Waals surface area contributed by atoms with Gasteiger partial charge in [-0.15, -0.1) is 0 Å². The lowest BCUT2D eigenvalue weighted by Crippen LogP contribution is -2.44. The van der Waals surface area contributed by atoms with E-state index >= 15 is 0 Å². The molecule has 0 saturated carbocycles. The number of nitrogens with one attached hydrogen (secondary N) is 1. The van der Waals surface area contributed by atoms with E-state index in [4.69, 9.17) is 44.9 Å². The van der Waals surface area contributed by atoms with E-state index in [1.807, 2.05) is 14.1 Å². The molecule has 3 aromatic rings. The summed E-state index contributed by atoms with van der Waals surface area (Å²) in [6, 6.07) is -0.242. The monoisotopic (exact) mass is 865 g/mol. The summed E-state index contributed by atoms with van der Waals surface area (Å²) in [5.74, 6) is 5.65. The summed E-state index contributed by atoms with van der Waals surface area (Å²) in [5.41, 5.74) is 0. The van der Waals surface area contributed by atoms with Gasteiger partial charge in [-0.3, -0.25) is 0 Å². The number of nitrogens with zero attached hydrogens (tertiary/aromatic N) is 17. The summed E-state index contributed by atoms with van der Waals surface area (Å²) in [5, 5.41) is 3.76. The molecule has 1 N–H and O–H groups in total. The van der Waals surface area contributed by atoms with Gasteiger partial charge in [-0.1, -0.05) is 80.1 Å². The van der Waals surface area contributed by atoms with E-state index in [1.54, 1.807) is 0 Å². The molecule has 62 heavy (non-hydrogen) atoms. The van der Waals surface area contributed by atoms with E-state index < -0.39 is 0 Å². The van der Waals surface area contributed by atoms with Gasteiger partial charge >= 0.3 is 0 Å². The van der Waals surface area contributed by atoms with Crippen LogP contribution in [-0.2, 0) is 0 Å². The van der Waals surface area contributed by atoms with E-state index in [0.29, 0.717) is 66.6 Å². The zero-order valence-corrected chi connectivity index (χ0v) is 41.3. The third-order valence-corrected chi connectivity index (χ3v) is 10.9. The lowest BCUT2D eigenvalue weighted by atomic mass is 10.2. The van der Waals surface area contributed by atoms with Crippen molar-refractivity contribution >= 4 is 53.5 Å². The van der Waals surface area contributed by atoms with Crippen molar-refractivity contribution in [1.29, 1.82) is 0 Å². The zero-order valence-electron chi connectivity index (χ0n) is 41.3. The molecular weight excluding hydrogens is 781 g/mol. The van der Waals surface area contributed by atoms with Crippen LogP contribution in [0.2, 0.25) is 0 Å². The zero-order chi connectivity index (χ0) is 45.6. The highest BCUT2D eigenvalue weighted by Crippen LogP contribution is 2.23. The maximum Gasteiger partial charge on any atom is 0.231 e. The van der Waals surface area contributed by atoms with Crippen molar-refractivity contribution in [3.63, 3.8) is 0 Å². The van der Waals surface area contributed by atoms with Crippen molar-refractivity contribution in [2.45, 2.75) is 125 Å². The Morgan fingerprint density at radius 2 is 0.500 bits per heavy atom. The molecular formula is C44H84N18. The lowest BCUT2D eigenvalue weighted by Gasteiger charge is -2.31. The summed E-state index contributed by atoms with van der Waals surface area (Å²) in [7, 11) is 16.4. The second-order valence-corrected chi connectivity index (χ2v) is 17.0. The van der Waals surface area contributed by atoms with Gasteiger partial charge in [0, 0.05) is 109 Å². The first-order valence-electron chi connectivity index (χ1n) is 23.5. The number of aromatic nitrogens is 9. The van der Waals surface area contributed by atoms with Gasteiger partial charge in [-0.25, -0.2) is 0 Å². The third kappa shape index (κ3) is 16.5. The Hall–Kier alpha value is -4.77. The molecule has 0 radical (unpaired) electrons. The van der Waals surface area contributed by atoms with Gasteiger partial charge in [0.15, 0.2) is 0 Å². The van der Waals surface area contributed by atoms with Gasteiger partial charge in [0.2, 0.25) is 53.5 Å². The maximum absolute atomic E-state index is 5.05. The molecule has 0 aromatic carbocycles. The van der Waals surface area contributed by atoms with E-state index in [0.717, 1.165) is 116 Å². The minimum Gasteiger partial charge on any atom is -0.348 e. The predicted molar refractivity (Wildman–Crippen MR) is 262 cm³/mol. The molecule has 3 aromatic heterocycles. The molecule has 0 atom stereocenters. The summed E-state index contributed by atoms with van der Waals surface area (Å²) in [6.07, 6.45) is 12.8. The molecule has 0 saturated heterocycles. The van der Waals surface area contributed by atoms with Gasteiger partial charge in [-0.2, -0.15) is 44.9 Å². The molecule has 3 heterocycles. The van der Waals surface area contributed by atoms with Crippen molar-refractivity contribution in [3.8, 4) is 0 Å². The van der Waals surface area contributed by atoms with Crippen LogP contribution in [-0.4, -0.2) is 160 Å². The SMILES string of the molecule is CCCCN(C)c1nc(NC(CN(C)c2nc(N(C)CCCC)nc(N(C)CCCC)n2)CN(C)c2nc(N(C)CCCC)nc(N(C)CCCC)n2)nc(N(C)CCCC)n1. The predicted octanol–water partition coefficient (Wildman–Crippen LogP) is 6.71. The Balaban J connectivity index is 2.16. The van der Waals surface area contributed by atoms with Crippen LogP contribution in [0, 0.1) is 0 Å². The van der Waals surface area contributed by atoms with E-state index in [1.165, 1.54) is 0 Å². The van der Waals surface area contributed by atoms with Gasteiger partial charge in [0.05, 0.1) is 6.04 Å². The molecule has 18 heteroatoms. The minimum absolute atomic E-state index is 0.242. The number of hydrogen-bond acceptors (Lipinski definition) is 18. The Kier molecular flexibility index (Phi) is 22.7. The molecule has 0 fully saturated rings. The fourth-order valence-corrected chi connectivity index (χ4v) is 6.60. The van der Waals surface area contributed by atoms with Crippen LogP contribution in [0.4, 0.5) is 53.5 Å². The van der Waals surface area contributed by atoms with Crippen LogP contribution in [0.1, 0.15) is 119 Å². The average Bonchev–Trinajstić information content (AvgIpc) is 3.28. The van der Waals surface area contributed by atoms with Crippen molar-refractivity contribution < 1.29 is 0 Å². The summed E-state index contributed by atoms with van der Waals surface area (Å²) < 4.78 is 0. The second kappa shape index (κ2) is 27.3.